The van der Waals surface area contributed by atoms with Crippen LogP contribution in [0.2, 0.25) is 19.6 Å². The molecule has 0 atom stereocenters. The van der Waals surface area contributed by atoms with E-state index in [0.29, 0.717) is 5.75 Å². The molecule has 0 fully saturated rings. The van der Waals surface area contributed by atoms with Crippen LogP contribution in [0.1, 0.15) is 25.8 Å². The van der Waals surface area contributed by atoms with Crippen molar-refractivity contribution in [3.63, 3.8) is 0 Å². The van der Waals surface area contributed by atoms with Crippen LogP contribution in [-0.4, -0.2) is 17.0 Å². The van der Waals surface area contributed by atoms with Gasteiger partial charge in [-0.25, -0.2) is 12.2 Å². The van der Waals surface area contributed by atoms with E-state index in [0.717, 1.165) is 12.0 Å². The maximum Gasteiger partial charge on any atom is 0.115 e. The number of aromatic hydroxyl groups is 1. The van der Waals surface area contributed by atoms with Gasteiger partial charge in [0.1, 0.15) is 5.75 Å². The van der Waals surface area contributed by atoms with E-state index >= 15 is 0 Å². The van der Waals surface area contributed by atoms with E-state index in [1.807, 2.05) is 25.1 Å². The van der Waals surface area contributed by atoms with Crippen molar-refractivity contribution in [2.45, 2.75) is 46.8 Å². The molecule has 0 saturated carbocycles. The minimum absolute atomic E-state index is 0. The van der Waals surface area contributed by atoms with Gasteiger partial charge >= 0.3 is 37.6 Å². The monoisotopic (exact) mass is 407 g/mol. The van der Waals surface area contributed by atoms with Gasteiger partial charge in [-0.1, -0.05) is 30.9 Å². The molecule has 23 heavy (non-hydrogen) atoms. The van der Waals surface area contributed by atoms with Crippen LogP contribution >= 0.6 is 24.8 Å². The molecule has 0 aromatic heterocycles. The van der Waals surface area contributed by atoms with E-state index in [1.54, 1.807) is 6.07 Å². The molecule has 0 radical (unpaired) electrons. The van der Waals surface area contributed by atoms with Crippen LogP contribution in [0.5, 0.6) is 5.75 Å². The molecule has 1 N–H and O–H groups in total. The fraction of sp³-hybridized carbons (Fsp3) is 0.389. The summed E-state index contributed by atoms with van der Waals surface area (Å²) in [7, 11) is -1.26. The Bertz CT molecular complexity index is 486. The summed E-state index contributed by atoms with van der Waals surface area (Å²) in [5.41, 5.74) is 1.15. The third-order valence-electron chi connectivity index (χ3n) is 2.51. The first-order chi connectivity index (χ1) is 9.62. The predicted octanol–water partition coefficient (Wildman–Crippen LogP) is 5.14. The van der Waals surface area contributed by atoms with E-state index < -0.39 is 8.07 Å². The Labute approximate surface area is 167 Å². The third kappa shape index (κ3) is 16.5. The zero-order chi connectivity index (χ0) is 16.5. The number of phenolic OH excluding ortho intramolecular Hbond substituents is 1. The molecule has 0 aliphatic heterocycles. The number of rotatable bonds is 1. The van der Waals surface area contributed by atoms with E-state index in [9.17, 15) is 5.11 Å². The first kappa shape index (κ1) is 27.7. The number of halogens is 2. The van der Waals surface area contributed by atoms with E-state index in [1.165, 1.54) is 9.00 Å². The van der Waals surface area contributed by atoms with Gasteiger partial charge in [0.2, 0.25) is 0 Å². The van der Waals surface area contributed by atoms with Gasteiger partial charge in [-0.05, 0) is 24.6 Å². The molecule has 0 amide bonds. The Morgan fingerprint density at radius 1 is 1.13 bits per heavy atom. The van der Waals surface area contributed by atoms with E-state index in [-0.39, 0.29) is 24.8 Å². The van der Waals surface area contributed by atoms with Crippen LogP contribution in [0.4, 0.5) is 0 Å². The average molecular weight is 408 g/mol. The van der Waals surface area contributed by atoms with Crippen molar-refractivity contribution < 1.29 is 25.1 Å². The van der Waals surface area contributed by atoms with Crippen molar-refractivity contribution in [1.29, 1.82) is 0 Å². The molecule has 0 heterocycles. The van der Waals surface area contributed by atoms with Crippen LogP contribution in [0.25, 0.3) is 0 Å². The first-order valence-corrected chi connectivity index (χ1v) is 11.5. The van der Waals surface area contributed by atoms with Crippen LogP contribution < -0.4 is 5.19 Å². The summed E-state index contributed by atoms with van der Waals surface area (Å²) >= 11 is 2.08. The fourth-order valence-corrected chi connectivity index (χ4v) is 2.78. The Hall–Kier alpha value is -0.119. The van der Waals surface area contributed by atoms with Crippen LogP contribution in [0, 0.1) is 13.0 Å². The summed E-state index contributed by atoms with van der Waals surface area (Å²) in [4.78, 5) is 0. The average Bonchev–Trinajstić information content (AvgIpc) is 2.83. The number of aryl methyl sites for hydroxylation is 1. The molecule has 1 aromatic carbocycles. The molecule has 1 nitrogen and oxygen atoms in total. The second-order valence-corrected chi connectivity index (χ2v) is 12.9. The maximum absolute atomic E-state index is 9.38. The number of allylic oxidation sites excluding steroid dienone is 4. The quantitative estimate of drug-likeness (QED) is 0.504. The molecule has 1 aromatic rings. The fourth-order valence-electron chi connectivity index (χ4n) is 1.54. The van der Waals surface area contributed by atoms with Crippen LogP contribution in [0.3, 0.4) is 0 Å². The van der Waals surface area contributed by atoms with Gasteiger partial charge in [0.05, 0.1) is 8.07 Å². The van der Waals surface area contributed by atoms with Crippen LogP contribution in [0.15, 0.2) is 36.4 Å². The second kappa shape index (κ2) is 14.2. The SMILES string of the molecule is C[C](C)=[Ti+].Cc1cc(O)cc([Si](C)(C)C)c1.Cl.Cl.[C-]1=CC=CC1. The molecule has 0 spiro atoms. The van der Waals surface area contributed by atoms with Crippen molar-refractivity contribution in [1.82, 2.24) is 0 Å². The number of benzene rings is 1. The van der Waals surface area contributed by atoms with Crippen molar-refractivity contribution in [2.24, 2.45) is 0 Å². The van der Waals surface area contributed by atoms with Gasteiger partial charge < -0.3 is 5.11 Å². The number of hydrogen-bond donors (Lipinski definition) is 1. The van der Waals surface area contributed by atoms with Crippen molar-refractivity contribution in [3.05, 3.63) is 48.1 Å². The summed E-state index contributed by atoms with van der Waals surface area (Å²) < 4.78 is 1.42. The molecule has 129 valence electrons. The van der Waals surface area contributed by atoms with Gasteiger partial charge in [0.25, 0.3) is 0 Å². The Morgan fingerprint density at radius 3 is 1.91 bits per heavy atom. The third-order valence-corrected chi connectivity index (χ3v) is 4.53. The number of hydrogen-bond acceptors (Lipinski definition) is 1. The summed E-state index contributed by atoms with van der Waals surface area (Å²) in [5, 5.41) is 10.7. The molecular weight excluding hydrogens is 379 g/mol. The summed E-state index contributed by atoms with van der Waals surface area (Å²) in [6.07, 6.45) is 10.0. The molecule has 0 saturated heterocycles. The van der Waals surface area contributed by atoms with Crippen LogP contribution in [-0.2, 0) is 20.0 Å². The Morgan fingerprint density at radius 2 is 1.65 bits per heavy atom. The summed E-state index contributed by atoms with van der Waals surface area (Å²) in [6, 6.07) is 5.86. The smallest absolute Gasteiger partial charge is 0.115 e. The first-order valence-electron chi connectivity index (χ1n) is 7.17. The zero-order valence-corrected chi connectivity index (χ0v) is 19.1. The Kier molecular flexibility index (Phi) is 17.2. The Balaban J connectivity index is -0.000000305. The van der Waals surface area contributed by atoms with Gasteiger partial charge in [0, 0.05) is 0 Å². The molecule has 0 unspecified atom stereocenters. The standard InChI is InChI=1S/C10H16OSi.C5H5.C3H6.2ClH.Ti/c1-8-5-9(11)7-10(6-8)12(2,3)4;1-2-4-5-3-1;1-3-2;;;/h5-7,11H,1-4H3;1-3H,4H2;1-2H3;2*1H;/q;-1;;;;+1. The molecular formula is C18H29Cl2OSiTi. The van der Waals surface area contributed by atoms with E-state index in [2.05, 4.69) is 71.7 Å². The van der Waals surface area contributed by atoms with Gasteiger partial charge in [-0.2, -0.15) is 6.08 Å². The second-order valence-electron chi connectivity index (χ2n) is 6.31. The maximum atomic E-state index is 9.38. The summed E-state index contributed by atoms with van der Waals surface area (Å²) in [5.74, 6) is 0.396. The van der Waals surface area contributed by atoms with Gasteiger partial charge in [0.15, 0.2) is 0 Å². The minimum Gasteiger partial charge on any atom is -0.508 e. The molecule has 0 bridgehead atoms. The largest absolute Gasteiger partial charge is 0.508 e. The molecule has 5 heteroatoms. The topological polar surface area (TPSA) is 20.2 Å². The normalized spacial score (nSPS) is 11.1. The molecule has 1 aliphatic carbocycles. The van der Waals surface area contributed by atoms with Crippen molar-refractivity contribution >= 4 is 41.9 Å². The van der Waals surface area contributed by atoms with Crippen molar-refractivity contribution in [3.8, 4) is 5.75 Å². The zero-order valence-electron chi connectivity index (χ0n) is 14.9. The number of phenols is 1. The molecule has 2 rings (SSSR count). The van der Waals surface area contributed by atoms with Crippen molar-refractivity contribution in [2.75, 3.05) is 0 Å². The van der Waals surface area contributed by atoms with E-state index in [4.69, 9.17) is 0 Å². The molecule has 1 aliphatic rings. The minimum atomic E-state index is -1.26. The summed E-state index contributed by atoms with van der Waals surface area (Å²) in [6.45, 7) is 13.0. The predicted molar refractivity (Wildman–Crippen MR) is 108 cm³/mol. The van der Waals surface area contributed by atoms with Gasteiger partial charge in [-0.15, -0.1) is 31.2 Å². The van der Waals surface area contributed by atoms with Gasteiger partial charge in [-0.3, -0.25) is 6.08 Å².